The van der Waals surface area contributed by atoms with Gasteiger partial charge in [-0.3, -0.25) is 4.79 Å². The summed E-state index contributed by atoms with van der Waals surface area (Å²) >= 11 is 0. The Morgan fingerprint density at radius 3 is 2.42 bits per heavy atom. The molecule has 2 aromatic carbocycles. The quantitative estimate of drug-likeness (QED) is 0.519. The van der Waals surface area contributed by atoms with E-state index in [-0.39, 0.29) is 29.3 Å². The molecule has 3 aromatic rings. The molecule has 7 nitrogen and oxygen atoms in total. The number of aromatic nitrogens is 2. The van der Waals surface area contributed by atoms with Crippen molar-refractivity contribution in [3.8, 4) is 11.4 Å². The molecule has 12 heteroatoms. The molecule has 0 aliphatic carbocycles. The zero-order chi connectivity index (χ0) is 24.0. The van der Waals surface area contributed by atoms with E-state index in [2.05, 4.69) is 5.10 Å². The summed E-state index contributed by atoms with van der Waals surface area (Å²) < 4.78 is 81.2. The van der Waals surface area contributed by atoms with Crippen LogP contribution in [0.1, 0.15) is 21.6 Å². The van der Waals surface area contributed by atoms with Crippen LogP contribution in [0.15, 0.2) is 53.6 Å². The van der Waals surface area contributed by atoms with E-state index in [9.17, 15) is 30.8 Å². The van der Waals surface area contributed by atoms with Crippen LogP contribution in [0.25, 0.3) is 5.69 Å². The Balaban J connectivity index is 1.59. The number of alkyl halides is 3. The van der Waals surface area contributed by atoms with Gasteiger partial charge >= 0.3 is 6.18 Å². The van der Waals surface area contributed by atoms with Gasteiger partial charge in [0.2, 0.25) is 0 Å². The number of halogens is 4. The number of fused-ring (bicyclic) bond motifs is 1. The van der Waals surface area contributed by atoms with Crippen LogP contribution in [0, 0.1) is 5.82 Å². The zero-order valence-electron chi connectivity index (χ0n) is 17.1. The fourth-order valence-electron chi connectivity index (χ4n) is 3.39. The number of nitrogens with zero attached hydrogens (tertiary/aromatic N) is 3. The minimum absolute atomic E-state index is 0.0597. The number of ether oxygens (including phenoxy) is 1. The first kappa shape index (κ1) is 22.8. The van der Waals surface area contributed by atoms with E-state index in [1.807, 2.05) is 0 Å². The van der Waals surface area contributed by atoms with Crippen molar-refractivity contribution in [3.05, 3.63) is 71.3 Å². The second-order valence-electron chi connectivity index (χ2n) is 7.52. The van der Waals surface area contributed by atoms with Crippen molar-refractivity contribution in [2.45, 2.75) is 24.2 Å². The van der Waals surface area contributed by atoms with Gasteiger partial charge in [0.15, 0.2) is 16.4 Å². The number of rotatable bonds is 5. The maximum absolute atomic E-state index is 13.1. The van der Waals surface area contributed by atoms with E-state index in [1.54, 1.807) is 18.3 Å². The van der Waals surface area contributed by atoms with Crippen LogP contribution in [0.4, 0.5) is 17.6 Å². The SMILES string of the molecule is CS(=O)(=O)c1ccc(OCC(F)(F)F)c(C(=O)N2Cc3cn(-c4ccc(F)cc4)nc3C2)c1. The number of amides is 1. The second kappa shape index (κ2) is 8.18. The van der Waals surface area contributed by atoms with E-state index in [0.29, 0.717) is 16.9 Å². The van der Waals surface area contributed by atoms with Gasteiger partial charge in [-0.2, -0.15) is 18.3 Å². The topological polar surface area (TPSA) is 81.5 Å². The molecule has 0 bridgehead atoms. The Morgan fingerprint density at radius 1 is 1.12 bits per heavy atom. The first-order valence-electron chi connectivity index (χ1n) is 9.57. The van der Waals surface area contributed by atoms with Gasteiger partial charge < -0.3 is 9.64 Å². The molecule has 1 aliphatic heterocycles. The summed E-state index contributed by atoms with van der Waals surface area (Å²) in [5, 5.41) is 4.39. The summed E-state index contributed by atoms with van der Waals surface area (Å²) in [5.74, 6) is -1.45. The molecular formula is C21H17F4N3O4S. The first-order valence-corrected chi connectivity index (χ1v) is 11.5. The summed E-state index contributed by atoms with van der Waals surface area (Å²) in [6, 6.07) is 8.80. The van der Waals surface area contributed by atoms with Crippen molar-refractivity contribution in [1.29, 1.82) is 0 Å². The predicted octanol–water partition coefficient (Wildman–Crippen LogP) is 3.51. The third kappa shape index (κ3) is 5.00. The number of carbonyl (C=O) groups is 1. The summed E-state index contributed by atoms with van der Waals surface area (Å²) in [7, 11) is -3.72. The molecule has 1 aliphatic rings. The van der Waals surface area contributed by atoms with E-state index in [1.165, 1.54) is 21.7 Å². The lowest BCUT2D eigenvalue weighted by atomic mass is 10.1. The van der Waals surface area contributed by atoms with Crippen molar-refractivity contribution >= 4 is 15.7 Å². The Kier molecular flexibility index (Phi) is 5.64. The van der Waals surface area contributed by atoms with Crippen molar-refractivity contribution < 1.29 is 35.5 Å². The average molecular weight is 483 g/mol. The molecule has 0 spiro atoms. The Labute approximate surface area is 186 Å². The minimum atomic E-state index is -4.64. The number of carbonyl (C=O) groups excluding carboxylic acids is 1. The Hall–Kier alpha value is -3.41. The highest BCUT2D eigenvalue weighted by atomic mass is 32.2. The monoisotopic (exact) mass is 483 g/mol. The van der Waals surface area contributed by atoms with Gasteiger partial charge in [-0.1, -0.05) is 0 Å². The molecule has 0 saturated carbocycles. The second-order valence-corrected chi connectivity index (χ2v) is 9.53. The molecule has 0 atom stereocenters. The molecule has 174 valence electrons. The molecule has 1 amide bonds. The summed E-state index contributed by atoms with van der Waals surface area (Å²) in [6.07, 6.45) is -2.04. The van der Waals surface area contributed by atoms with Gasteiger partial charge in [0.25, 0.3) is 5.91 Å². The molecule has 0 N–H and O–H groups in total. The van der Waals surface area contributed by atoms with Crippen LogP contribution in [-0.4, -0.2) is 48.0 Å². The van der Waals surface area contributed by atoms with Crippen LogP contribution in [0.3, 0.4) is 0 Å². The lowest BCUT2D eigenvalue weighted by Gasteiger charge is -2.19. The average Bonchev–Trinajstić information content (AvgIpc) is 3.30. The van der Waals surface area contributed by atoms with Gasteiger partial charge in [-0.05, 0) is 42.5 Å². The number of benzene rings is 2. The van der Waals surface area contributed by atoms with Crippen molar-refractivity contribution in [2.75, 3.05) is 12.9 Å². The molecular weight excluding hydrogens is 466 g/mol. The highest BCUT2D eigenvalue weighted by Crippen LogP contribution is 2.30. The largest absolute Gasteiger partial charge is 0.483 e. The van der Waals surface area contributed by atoms with Crippen LogP contribution in [0.2, 0.25) is 0 Å². The minimum Gasteiger partial charge on any atom is -0.483 e. The maximum Gasteiger partial charge on any atom is 0.422 e. The number of hydrogen-bond acceptors (Lipinski definition) is 5. The lowest BCUT2D eigenvalue weighted by Crippen LogP contribution is -2.27. The third-order valence-corrected chi connectivity index (χ3v) is 6.07. The number of hydrogen-bond donors (Lipinski definition) is 0. The first-order chi connectivity index (χ1) is 15.4. The number of sulfone groups is 1. The van der Waals surface area contributed by atoms with Crippen LogP contribution in [-0.2, 0) is 22.9 Å². The molecule has 4 rings (SSSR count). The van der Waals surface area contributed by atoms with Crippen LogP contribution < -0.4 is 4.74 Å². The lowest BCUT2D eigenvalue weighted by molar-refractivity contribution is -0.153. The smallest absolute Gasteiger partial charge is 0.422 e. The molecule has 2 heterocycles. The summed E-state index contributed by atoms with van der Waals surface area (Å²) in [4.78, 5) is 14.2. The van der Waals surface area contributed by atoms with Crippen LogP contribution in [0.5, 0.6) is 5.75 Å². The summed E-state index contributed by atoms with van der Waals surface area (Å²) in [5.41, 5.74) is 1.58. The molecule has 0 fully saturated rings. The third-order valence-electron chi connectivity index (χ3n) is 4.96. The van der Waals surface area contributed by atoms with E-state index in [4.69, 9.17) is 4.74 Å². The highest BCUT2D eigenvalue weighted by molar-refractivity contribution is 7.90. The van der Waals surface area contributed by atoms with E-state index >= 15 is 0 Å². The fraction of sp³-hybridized carbons (Fsp3) is 0.238. The predicted molar refractivity (Wildman–Crippen MR) is 108 cm³/mol. The zero-order valence-corrected chi connectivity index (χ0v) is 18.0. The molecule has 0 unspecified atom stereocenters. The van der Waals surface area contributed by atoms with Gasteiger partial charge in [0.1, 0.15) is 11.6 Å². The van der Waals surface area contributed by atoms with Gasteiger partial charge in [-0.15, -0.1) is 0 Å². The van der Waals surface area contributed by atoms with Gasteiger partial charge in [0, 0.05) is 24.6 Å². The molecule has 0 radical (unpaired) electrons. The maximum atomic E-state index is 13.1. The summed E-state index contributed by atoms with van der Waals surface area (Å²) in [6.45, 7) is -1.46. The van der Waals surface area contributed by atoms with Crippen molar-refractivity contribution in [1.82, 2.24) is 14.7 Å². The van der Waals surface area contributed by atoms with Gasteiger partial charge in [0.05, 0.1) is 28.4 Å². The van der Waals surface area contributed by atoms with Gasteiger partial charge in [-0.25, -0.2) is 17.5 Å². The van der Waals surface area contributed by atoms with Crippen LogP contribution >= 0.6 is 0 Å². The molecule has 33 heavy (non-hydrogen) atoms. The van der Waals surface area contributed by atoms with Crippen molar-refractivity contribution in [2.24, 2.45) is 0 Å². The standard InChI is InChI=1S/C21H17F4N3O4S/c1-33(30,31)16-6-7-19(32-12-21(23,24)25)17(8-16)20(29)27-9-13-10-28(26-18(13)11-27)15-4-2-14(22)3-5-15/h2-8,10H,9,11-12H2,1H3. The Bertz CT molecular complexity index is 1290. The molecule has 1 aromatic heterocycles. The van der Waals surface area contributed by atoms with Crippen molar-refractivity contribution in [3.63, 3.8) is 0 Å². The fourth-order valence-corrected chi connectivity index (χ4v) is 4.03. The normalized spacial score (nSPS) is 13.8. The van der Waals surface area contributed by atoms with E-state index < -0.39 is 34.3 Å². The Morgan fingerprint density at radius 2 is 1.82 bits per heavy atom. The molecule has 0 saturated heterocycles. The van der Waals surface area contributed by atoms with E-state index in [0.717, 1.165) is 24.5 Å². The highest BCUT2D eigenvalue weighted by Gasteiger charge is 2.32.